The number of unbranched alkanes of at least 4 members (excludes halogenated alkanes) is 1. The molecule has 2 amide bonds. The molecule has 6 nitrogen and oxygen atoms in total. The van der Waals surface area contributed by atoms with Gasteiger partial charge in [0.1, 0.15) is 11.4 Å². The molecule has 27 heavy (non-hydrogen) atoms. The smallest absolute Gasteiger partial charge is 0.274 e. The van der Waals surface area contributed by atoms with Crippen molar-refractivity contribution in [1.82, 2.24) is 14.9 Å². The van der Waals surface area contributed by atoms with E-state index < -0.39 is 0 Å². The molecular weight excluding hydrogens is 340 g/mol. The Morgan fingerprint density at radius 2 is 1.78 bits per heavy atom. The van der Waals surface area contributed by atoms with Gasteiger partial charge in [-0.1, -0.05) is 37.6 Å². The number of nitrogens with zero attached hydrogens (tertiary/aromatic N) is 3. The minimum Gasteiger partial charge on any atom is -0.340 e. The summed E-state index contributed by atoms with van der Waals surface area (Å²) in [7, 11) is 1.74. The zero-order valence-electron chi connectivity index (χ0n) is 15.5. The fraction of sp³-hybridized carbons (Fsp3) is 0.238. The minimum atomic E-state index is -0.376. The number of pyridine rings is 2. The first-order chi connectivity index (χ1) is 13.1. The second-order valence-electron chi connectivity index (χ2n) is 6.32. The number of benzene rings is 1. The lowest BCUT2D eigenvalue weighted by molar-refractivity contribution is 0.0787. The highest BCUT2D eigenvalue weighted by molar-refractivity contribution is 6.07. The number of hydrogen-bond acceptors (Lipinski definition) is 4. The number of carbonyl (C=O) groups excluding carboxylic acids is 2. The topological polar surface area (TPSA) is 75.2 Å². The van der Waals surface area contributed by atoms with Gasteiger partial charge in [0.2, 0.25) is 0 Å². The minimum absolute atomic E-state index is 0.190. The molecule has 0 atom stereocenters. The van der Waals surface area contributed by atoms with Crippen molar-refractivity contribution in [3.63, 3.8) is 0 Å². The van der Waals surface area contributed by atoms with Crippen LogP contribution in [0.2, 0.25) is 0 Å². The van der Waals surface area contributed by atoms with Crippen molar-refractivity contribution >= 4 is 28.4 Å². The Morgan fingerprint density at radius 1 is 1.04 bits per heavy atom. The van der Waals surface area contributed by atoms with Crippen LogP contribution in [0.4, 0.5) is 5.69 Å². The first-order valence-electron chi connectivity index (χ1n) is 8.97. The summed E-state index contributed by atoms with van der Waals surface area (Å²) in [6.07, 6.45) is 3.62. The standard InChI is InChI=1S/C21H22N4O2/c1-3-4-14-25(2)21(27)18-12-6-11-17(23-18)20(26)24-16-10-5-8-15-9-7-13-22-19(15)16/h5-13H,3-4,14H2,1-2H3,(H,24,26). The molecule has 2 aromatic heterocycles. The second-order valence-corrected chi connectivity index (χ2v) is 6.32. The number of carbonyl (C=O) groups is 2. The molecule has 1 N–H and O–H groups in total. The molecule has 6 heteroatoms. The summed E-state index contributed by atoms with van der Waals surface area (Å²) in [5, 5.41) is 3.78. The molecule has 0 fully saturated rings. The Labute approximate surface area is 158 Å². The highest BCUT2D eigenvalue weighted by Gasteiger charge is 2.16. The third-order valence-corrected chi connectivity index (χ3v) is 4.28. The van der Waals surface area contributed by atoms with Gasteiger partial charge in [0.15, 0.2) is 0 Å². The van der Waals surface area contributed by atoms with E-state index in [0.717, 1.165) is 18.2 Å². The van der Waals surface area contributed by atoms with Crippen LogP contribution < -0.4 is 5.32 Å². The van der Waals surface area contributed by atoms with Crippen LogP contribution in [0.25, 0.3) is 10.9 Å². The Kier molecular flexibility index (Phi) is 5.76. The number of anilines is 1. The van der Waals surface area contributed by atoms with E-state index in [1.807, 2.05) is 24.3 Å². The van der Waals surface area contributed by atoms with Gasteiger partial charge in [-0.05, 0) is 30.7 Å². The fourth-order valence-electron chi connectivity index (χ4n) is 2.76. The Hall–Kier alpha value is -3.28. The molecule has 1 aromatic carbocycles. The lowest BCUT2D eigenvalue weighted by Gasteiger charge is -2.16. The molecule has 0 saturated carbocycles. The molecule has 0 saturated heterocycles. The molecule has 0 aliphatic heterocycles. The van der Waals surface area contributed by atoms with Crippen LogP contribution in [0.1, 0.15) is 40.7 Å². The average molecular weight is 362 g/mol. The molecule has 0 unspecified atom stereocenters. The van der Waals surface area contributed by atoms with Crippen molar-refractivity contribution in [2.24, 2.45) is 0 Å². The summed E-state index contributed by atoms with van der Waals surface area (Å²) in [4.78, 5) is 35.3. The number of nitrogens with one attached hydrogen (secondary N) is 1. The van der Waals surface area contributed by atoms with E-state index in [2.05, 4.69) is 22.2 Å². The van der Waals surface area contributed by atoms with Crippen LogP contribution >= 0.6 is 0 Å². The van der Waals surface area contributed by atoms with Crippen molar-refractivity contribution < 1.29 is 9.59 Å². The Bertz CT molecular complexity index is 966. The molecular formula is C21H22N4O2. The maximum Gasteiger partial charge on any atom is 0.274 e. The Balaban J connectivity index is 1.80. The van der Waals surface area contributed by atoms with Gasteiger partial charge in [0, 0.05) is 25.2 Å². The van der Waals surface area contributed by atoms with Gasteiger partial charge < -0.3 is 10.2 Å². The number of hydrogen-bond donors (Lipinski definition) is 1. The van der Waals surface area contributed by atoms with E-state index in [0.29, 0.717) is 17.7 Å². The number of amides is 2. The number of para-hydroxylation sites is 1. The highest BCUT2D eigenvalue weighted by Crippen LogP contribution is 2.21. The lowest BCUT2D eigenvalue weighted by Crippen LogP contribution is -2.29. The van der Waals surface area contributed by atoms with Crippen LogP contribution in [0.3, 0.4) is 0 Å². The van der Waals surface area contributed by atoms with Gasteiger partial charge in [0.05, 0.1) is 11.2 Å². The van der Waals surface area contributed by atoms with Crippen molar-refractivity contribution in [3.8, 4) is 0 Å². The summed E-state index contributed by atoms with van der Waals surface area (Å²) in [5.74, 6) is -0.566. The normalized spacial score (nSPS) is 10.6. The fourth-order valence-corrected chi connectivity index (χ4v) is 2.76. The quantitative estimate of drug-likeness (QED) is 0.724. The first-order valence-corrected chi connectivity index (χ1v) is 8.97. The van der Waals surface area contributed by atoms with E-state index >= 15 is 0 Å². The van der Waals surface area contributed by atoms with Crippen molar-refractivity contribution in [1.29, 1.82) is 0 Å². The molecule has 138 valence electrons. The lowest BCUT2D eigenvalue weighted by atomic mass is 10.2. The number of aromatic nitrogens is 2. The maximum absolute atomic E-state index is 12.6. The van der Waals surface area contributed by atoms with Crippen molar-refractivity contribution in [2.45, 2.75) is 19.8 Å². The largest absolute Gasteiger partial charge is 0.340 e. The summed E-state index contributed by atoms with van der Waals surface area (Å²) < 4.78 is 0. The second kappa shape index (κ2) is 8.40. The van der Waals surface area contributed by atoms with E-state index in [9.17, 15) is 9.59 Å². The molecule has 0 aliphatic rings. The van der Waals surface area contributed by atoms with E-state index in [-0.39, 0.29) is 23.2 Å². The van der Waals surface area contributed by atoms with Gasteiger partial charge in [-0.15, -0.1) is 0 Å². The van der Waals surface area contributed by atoms with Gasteiger partial charge >= 0.3 is 0 Å². The molecule has 0 bridgehead atoms. The van der Waals surface area contributed by atoms with Crippen molar-refractivity contribution in [2.75, 3.05) is 18.9 Å². The zero-order valence-corrected chi connectivity index (χ0v) is 15.5. The highest BCUT2D eigenvalue weighted by atomic mass is 16.2. The molecule has 0 aliphatic carbocycles. The summed E-state index contributed by atoms with van der Waals surface area (Å²) in [6.45, 7) is 2.73. The summed E-state index contributed by atoms with van der Waals surface area (Å²) >= 11 is 0. The van der Waals surface area contributed by atoms with Gasteiger partial charge in [-0.25, -0.2) is 4.98 Å². The predicted molar refractivity (Wildman–Crippen MR) is 106 cm³/mol. The maximum atomic E-state index is 12.6. The van der Waals surface area contributed by atoms with Crippen LogP contribution in [0.15, 0.2) is 54.7 Å². The SMILES string of the molecule is CCCCN(C)C(=O)c1cccc(C(=O)Nc2cccc3cccnc23)n1. The predicted octanol–water partition coefficient (Wildman–Crippen LogP) is 3.75. The van der Waals surface area contributed by atoms with Crippen LogP contribution in [0, 0.1) is 0 Å². The third kappa shape index (κ3) is 4.28. The monoisotopic (exact) mass is 362 g/mol. The van der Waals surface area contributed by atoms with Crippen molar-refractivity contribution in [3.05, 3.63) is 66.1 Å². The average Bonchev–Trinajstić information content (AvgIpc) is 2.71. The number of rotatable bonds is 6. The van der Waals surface area contributed by atoms with Gasteiger partial charge in [-0.2, -0.15) is 0 Å². The zero-order chi connectivity index (χ0) is 19.2. The van der Waals surface area contributed by atoms with Crippen LogP contribution in [-0.4, -0.2) is 40.3 Å². The molecule has 3 rings (SSSR count). The molecule has 0 spiro atoms. The van der Waals surface area contributed by atoms with E-state index in [1.165, 1.54) is 0 Å². The molecule has 2 heterocycles. The van der Waals surface area contributed by atoms with Crippen LogP contribution in [0.5, 0.6) is 0 Å². The first kappa shape index (κ1) is 18.5. The van der Waals surface area contributed by atoms with Gasteiger partial charge in [-0.3, -0.25) is 14.6 Å². The Morgan fingerprint density at radius 3 is 2.59 bits per heavy atom. The molecule has 0 radical (unpaired) electrons. The third-order valence-electron chi connectivity index (χ3n) is 4.28. The van der Waals surface area contributed by atoms with Gasteiger partial charge in [0.25, 0.3) is 11.8 Å². The summed E-state index contributed by atoms with van der Waals surface area (Å²) in [6, 6.07) is 14.3. The van der Waals surface area contributed by atoms with E-state index in [4.69, 9.17) is 0 Å². The number of fused-ring (bicyclic) bond motifs is 1. The summed E-state index contributed by atoms with van der Waals surface area (Å²) in [5.41, 5.74) is 1.77. The molecule has 3 aromatic rings. The van der Waals surface area contributed by atoms with Crippen LogP contribution in [-0.2, 0) is 0 Å². The van der Waals surface area contributed by atoms with E-state index in [1.54, 1.807) is 42.4 Å².